The minimum atomic E-state index is -1.22. The lowest BCUT2D eigenvalue weighted by molar-refractivity contribution is -0.156. The molecule has 0 spiro atoms. The van der Waals surface area contributed by atoms with E-state index >= 15 is 0 Å². The third-order valence-corrected chi connectivity index (χ3v) is 3.67. The first-order chi connectivity index (χ1) is 14.0. The molecule has 174 valence electrons. The van der Waals surface area contributed by atoms with E-state index in [9.17, 15) is 9.59 Å². The molecule has 0 fully saturated rings. The number of rotatable bonds is 20. The summed E-state index contributed by atoms with van der Waals surface area (Å²) in [6.45, 7) is 5.81. The van der Waals surface area contributed by atoms with Crippen molar-refractivity contribution in [3.05, 3.63) is 0 Å². The Labute approximate surface area is 174 Å². The Morgan fingerprint density at radius 3 is 1.52 bits per heavy atom. The zero-order valence-corrected chi connectivity index (χ0v) is 17.7. The average Bonchev–Trinajstić information content (AvgIpc) is 2.68. The maximum Gasteiger partial charge on any atom is 0.333 e. The van der Waals surface area contributed by atoms with Crippen LogP contribution >= 0.6 is 0 Å². The quantitative estimate of drug-likeness (QED) is 0.216. The summed E-state index contributed by atoms with van der Waals surface area (Å²) in [6, 6.07) is 0. The van der Waals surface area contributed by atoms with Gasteiger partial charge in [-0.05, 0) is 44.9 Å². The van der Waals surface area contributed by atoms with Crippen molar-refractivity contribution in [3.63, 3.8) is 0 Å². The van der Waals surface area contributed by atoms with Gasteiger partial charge in [-0.15, -0.1) is 0 Å². The summed E-state index contributed by atoms with van der Waals surface area (Å²) in [7, 11) is 0. The van der Waals surface area contributed by atoms with Crippen molar-refractivity contribution in [2.75, 3.05) is 46.2 Å². The monoisotopic (exact) mass is 424 g/mol. The van der Waals surface area contributed by atoms with E-state index in [1.54, 1.807) is 0 Å². The van der Waals surface area contributed by atoms with Crippen molar-refractivity contribution in [2.24, 2.45) is 0 Å². The molecule has 1 atom stereocenters. The zero-order chi connectivity index (χ0) is 22.2. The molecule has 0 bridgehead atoms. The maximum atomic E-state index is 10.4. The van der Waals surface area contributed by atoms with Gasteiger partial charge in [0.15, 0.2) is 6.10 Å². The highest BCUT2D eigenvalue weighted by atomic mass is 16.5. The molecule has 0 rings (SSSR count). The topological polar surface area (TPSA) is 143 Å². The minimum absolute atomic E-state index is 0.255. The van der Waals surface area contributed by atoms with E-state index < -0.39 is 24.5 Å². The van der Waals surface area contributed by atoms with E-state index in [2.05, 4.69) is 0 Å². The summed E-state index contributed by atoms with van der Waals surface area (Å²) in [5.74, 6) is -2.39. The molecule has 0 aromatic carbocycles. The van der Waals surface area contributed by atoms with Gasteiger partial charge in [0.2, 0.25) is 0 Å². The van der Waals surface area contributed by atoms with Crippen LogP contribution in [0.1, 0.15) is 64.7 Å². The maximum absolute atomic E-state index is 10.4. The molecule has 0 aromatic heterocycles. The molecule has 0 saturated heterocycles. The van der Waals surface area contributed by atoms with Gasteiger partial charge in [0, 0.05) is 46.2 Å². The van der Waals surface area contributed by atoms with Crippen molar-refractivity contribution in [3.8, 4) is 0 Å². The Kier molecular flexibility index (Phi) is 25.6. The fraction of sp³-hybridized carbons (Fsp3) is 0.900. The second-order valence-electron chi connectivity index (χ2n) is 6.44. The summed E-state index contributed by atoms with van der Waals surface area (Å²) in [5.41, 5.74) is 0. The Morgan fingerprint density at radius 2 is 1.17 bits per heavy atom. The predicted molar refractivity (Wildman–Crippen MR) is 108 cm³/mol. The van der Waals surface area contributed by atoms with Crippen LogP contribution in [-0.2, 0) is 23.8 Å². The third-order valence-electron chi connectivity index (χ3n) is 3.67. The molecule has 29 heavy (non-hydrogen) atoms. The van der Waals surface area contributed by atoms with Gasteiger partial charge in [-0.25, -0.2) is 4.79 Å². The van der Waals surface area contributed by atoms with Crippen molar-refractivity contribution < 1.29 is 44.2 Å². The second-order valence-corrected chi connectivity index (χ2v) is 6.44. The number of aliphatic hydroxyl groups excluding tert-OH is 2. The van der Waals surface area contributed by atoms with Crippen molar-refractivity contribution in [2.45, 2.75) is 70.8 Å². The predicted octanol–water partition coefficient (Wildman–Crippen LogP) is 2.08. The summed E-state index contributed by atoms with van der Waals surface area (Å²) >= 11 is 0. The molecule has 0 radical (unpaired) electrons. The number of carbonyl (C=O) groups is 2. The Balaban J connectivity index is 0. The van der Waals surface area contributed by atoms with Crippen molar-refractivity contribution in [1.82, 2.24) is 0 Å². The smallest absolute Gasteiger partial charge is 0.333 e. The van der Waals surface area contributed by atoms with Gasteiger partial charge in [0.25, 0.3) is 0 Å². The van der Waals surface area contributed by atoms with Gasteiger partial charge in [0.05, 0.1) is 6.42 Å². The molecule has 0 aliphatic heterocycles. The van der Waals surface area contributed by atoms with Crippen LogP contribution in [-0.4, -0.2) is 84.7 Å². The molecular weight excluding hydrogens is 384 g/mol. The van der Waals surface area contributed by atoms with Gasteiger partial charge < -0.3 is 34.6 Å². The molecule has 0 aliphatic rings. The van der Waals surface area contributed by atoms with E-state index in [1.807, 2.05) is 6.92 Å². The fourth-order valence-electron chi connectivity index (χ4n) is 1.99. The molecule has 9 heteroatoms. The van der Waals surface area contributed by atoms with Crippen LogP contribution in [0.25, 0.3) is 0 Å². The number of carboxylic acid groups (broad SMARTS) is 2. The van der Waals surface area contributed by atoms with Crippen LogP contribution in [0, 0.1) is 0 Å². The van der Waals surface area contributed by atoms with Gasteiger partial charge in [-0.3, -0.25) is 4.79 Å². The summed E-state index contributed by atoms with van der Waals surface area (Å²) in [6.07, 6.45) is 5.51. The number of unbranched alkanes of at least 4 members (excludes halogenated alkanes) is 4. The Morgan fingerprint density at radius 1 is 0.724 bits per heavy atom. The normalized spacial score (nSPS) is 11.6. The van der Waals surface area contributed by atoms with Gasteiger partial charge >= 0.3 is 11.9 Å². The van der Waals surface area contributed by atoms with Crippen molar-refractivity contribution in [1.29, 1.82) is 0 Å². The molecule has 0 aromatic rings. The first kappa shape index (κ1) is 29.9. The molecule has 9 nitrogen and oxygen atoms in total. The molecule has 0 amide bonds. The van der Waals surface area contributed by atoms with Crippen LogP contribution in [0.2, 0.25) is 0 Å². The summed E-state index contributed by atoms with van der Waals surface area (Å²) in [4.78, 5) is 20.6. The number of ether oxygens (including phenoxy) is 3. The van der Waals surface area contributed by atoms with Gasteiger partial charge in [-0.2, -0.15) is 0 Å². The highest BCUT2D eigenvalue weighted by molar-refractivity contribution is 5.79. The third kappa shape index (κ3) is 26.7. The number of carboxylic acids is 2. The molecule has 0 saturated carbocycles. The Hall–Kier alpha value is -1.26. The highest BCUT2D eigenvalue weighted by Crippen LogP contribution is 2.01. The first-order valence-electron chi connectivity index (χ1n) is 10.4. The van der Waals surface area contributed by atoms with Crippen LogP contribution in [0.4, 0.5) is 0 Å². The fourth-order valence-corrected chi connectivity index (χ4v) is 1.99. The lowest BCUT2D eigenvalue weighted by atomic mass is 10.2. The number of aliphatic hydroxyl groups is 2. The molecule has 0 heterocycles. The zero-order valence-electron chi connectivity index (χ0n) is 17.7. The SMILES string of the molecule is CCCCOC(CC(=O)O)C(=O)O.OCCCCOCCCCOCCCCO. The van der Waals surface area contributed by atoms with Crippen LogP contribution in [0.15, 0.2) is 0 Å². The van der Waals surface area contributed by atoms with Crippen LogP contribution in [0.5, 0.6) is 0 Å². The standard InChI is InChI=1S/C12H26O4.C8H14O5/c13-7-1-3-9-15-11-5-6-12-16-10-4-2-8-14;1-2-3-4-13-6(8(11)12)5-7(9)10/h13-14H,1-12H2;6H,2-5H2,1H3,(H,9,10)(H,11,12). The van der Waals surface area contributed by atoms with Gasteiger partial charge in [0.1, 0.15) is 0 Å². The van der Waals surface area contributed by atoms with Crippen LogP contribution < -0.4 is 0 Å². The summed E-state index contributed by atoms with van der Waals surface area (Å²) in [5, 5.41) is 34.0. The molecule has 4 N–H and O–H groups in total. The number of aliphatic carboxylic acids is 2. The second kappa shape index (κ2) is 24.8. The highest BCUT2D eigenvalue weighted by Gasteiger charge is 2.20. The lowest BCUT2D eigenvalue weighted by Crippen LogP contribution is -2.27. The molecule has 1 unspecified atom stereocenters. The van der Waals surface area contributed by atoms with E-state index in [0.717, 1.165) is 77.8 Å². The van der Waals surface area contributed by atoms with E-state index in [4.69, 9.17) is 34.6 Å². The van der Waals surface area contributed by atoms with Crippen molar-refractivity contribution >= 4 is 11.9 Å². The van der Waals surface area contributed by atoms with E-state index in [1.165, 1.54) is 0 Å². The van der Waals surface area contributed by atoms with Crippen LogP contribution in [0.3, 0.4) is 0 Å². The number of hydrogen-bond acceptors (Lipinski definition) is 7. The minimum Gasteiger partial charge on any atom is -0.481 e. The first-order valence-corrected chi connectivity index (χ1v) is 10.4. The number of hydrogen-bond donors (Lipinski definition) is 4. The van der Waals surface area contributed by atoms with E-state index in [0.29, 0.717) is 6.61 Å². The summed E-state index contributed by atoms with van der Waals surface area (Å²) < 4.78 is 15.6. The largest absolute Gasteiger partial charge is 0.481 e. The molecule has 0 aliphatic carbocycles. The lowest BCUT2D eigenvalue weighted by Gasteiger charge is -2.10. The van der Waals surface area contributed by atoms with E-state index in [-0.39, 0.29) is 13.2 Å². The molecular formula is C20H40O9. The van der Waals surface area contributed by atoms with Gasteiger partial charge in [-0.1, -0.05) is 13.3 Å². The average molecular weight is 425 g/mol. The Bertz CT molecular complexity index is 350.